The van der Waals surface area contributed by atoms with E-state index >= 15 is 0 Å². The van der Waals surface area contributed by atoms with Crippen LogP contribution >= 0.6 is 43.6 Å². The highest BCUT2D eigenvalue weighted by molar-refractivity contribution is 9.11. The Labute approximate surface area is 140 Å². The summed E-state index contributed by atoms with van der Waals surface area (Å²) in [4.78, 5) is 1.26. The number of hydrogen-bond acceptors (Lipinski definition) is 3. The number of anilines is 1. The van der Waals surface area contributed by atoms with Crippen LogP contribution in [0.3, 0.4) is 0 Å². The van der Waals surface area contributed by atoms with Crippen molar-refractivity contribution in [2.24, 2.45) is 0 Å². The fraction of sp³-hybridized carbons (Fsp3) is 0.200. The molecule has 2 N–H and O–H groups in total. The molecule has 0 aliphatic heterocycles. The number of aromatic hydroxyl groups is 1. The van der Waals surface area contributed by atoms with E-state index < -0.39 is 0 Å². The van der Waals surface area contributed by atoms with E-state index in [1.165, 1.54) is 4.90 Å². The standard InChI is InChI=1S/C15H15Br2NOS/c1-2-20-14-6-4-3-5-13(14)18-9-10-7-11(16)15(19)12(17)8-10/h3-8,18-19H,2,9H2,1H3. The maximum atomic E-state index is 9.71. The van der Waals surface area contributed by atoms with Crippen molar-refractivity contribution in [2.75, 3.05) is 11.1 Å². The van der Waals surface area contributed by atoms with Crippen molar-refractivity contribution in [1.82, 2.24) is 0 Å². The van der Waals surface area contributed by atoms with Gasteiger partial charge < -0.3 is 10.4 Å². The Hall–Kier alpha value is -0.650. The Balaban J connectivity index is 2.13. The largest absolute Gasteiger partial charge is 0.506 e. The van der Waals surface area contributed by atoms with E-state index in [1.807, 2.05) is 30.0 Å². The number of thioether (sulfide) groups is 1. The number of phenols is 1. The number of benzene rings is 2. The minimum atomic E-state index is 0.232. The van der Waals surface area contributed by atoms with Crippen LogP contribution in [0.1, 0.15) is 12.5 Å². The van der Waals surface area contributed by atoms with Crippen LogP contribution in [-0.4, -0.2) is 10.9 Å². The van der Waals surface area contributed by atoms with Gasteiger partial charge in [0.25, 0.3) is 0 Å². The second kappa shape index (κ2) is 7.38. The topological polar surface area (TPSA) is 32.3 Å². The maximum Gasteiger partial charge on any atom is 0.143 e. The molecule has 2 aromatic carbocycles. The molecule has 2 nitrogen and oxygen atoms in total. The third kappa shape index (κ3) is 3.93. The van der Waals surface area contributed by atoms with Gasteiger partial charge >= 0.3 is 0 Å². The zero-order chi connectivity index (χ0) is 14.5. The normalized spacial score (nSPS) is 10.6. The highest BCUT2D eigenvalue weighted by Crippen LogP contribution is 2.34. The van der Waals surface area contributed by atoms with Crippen molar-refractivity contribution in [3.8, 4) is 5.75 Å². The van der Waals surface area contributed by atoms with Crippen molar-refractivity contribution in [3.63, 3.8) is 0 Å². The molecule has 0 unspecified atom stereocenters. The molecule has 0 radical (unpaired) electrons. The van der Waals surface area contributed by atoms with E-state index in [4.69, 9.17) is 0 Å². The van der Waals surface area contributed by atoms with Gasteiger partial charge in [0.05, 0.1) is 8.95 Å². The van der Waals surface area contributed by atoms with Crippen LogP contribution in [0.5, 0.6) is 5.75 Å². The molecule has 0 amide bonds. The molecule has 2 aromatic rings. The lowest BCUT2D eigenvalue weighted by Crippen LogP contribution is -2.00. The first-order chi connectivity index (χ1) is 9.61. The van der Waals surface area contributed by atoms with Gasteiger partial charge in [-0.25, -0.2) is 0 Å². The van der Waals surface area contributed by atoms with Gasteiger partial charge in [-0.2, -0.15) is 0 Å². The number of halogens is 2. The van der Waals surface area contributed by atoms with Crippen molar-refractivity contribution < 1.29 is 5.11 Å². The minimum absolute atomic E-state index is 0.232. The lowest BCUT2D eigenvalue weighted by molar-refractivity contribution is 0.468. The fourth-order valence-corrected chi connectivity index (χ4v) is 3.87. The van der Waals surface area contributed by atoms with E-state index in [2.05, 4.69) is 62.3 Å². The summed E-state index contributed by atoms with van der Waals surface area (Å²) < 4.78 is 1.39. The third-order valence-corrected chi connectivity index (χ3v) is 4.91. The molecule has 5 heteroatoms. The summed E-state index contributed by atoms with van der Waals surface area (Å²) in [6.45, 7) is 2.86. The molecule has 0 saturated heterocycles. The molecule has 0 saturated carbocycles. The Kier molecular flexibility index (Phi) is 5.81. The highest BCUT2D eigenvalue weighted by Gasteiger charge is 2.07. The van der Waals surface area contributed by atoms with Crippen molar-refractivity contribution >= 4 is 49.3 Å². The number of phenolic OH excluding ortho intramolecular Hbond substituents is 1. The predicted molar refractivity (Wildman–Crippen MR) is 93.7 cm³/mol. The van der Waals surface area contributed by atoms with Crippen LogP contribution in [0.15, 0.2) is 50.2 Å². The van der Waals surface area contributed by atoms with Crippen molar-refractivity contribution in [1.29, 1.82) is 0 Å². The number of para-hydroxylation sites is 1. The molecule has 0 atom stereocenters. The van der Waals surface area contributed by atoms with Crippen LogP contribution in [0.2, 0.25) is 0 Å². The Morgan fingerprint density at radius 1 is 1.15 bits per heavy atom. The third-order valence-electron chi connectivity index (χ3n) is 2.75. The zero-order valence-electron chi connectivity index (χ0n) is 11.0. The average Bonchev–Trinajstić information content (AvgIpc) is 2.44. The molecule has 2 rings (SSSR count). The number of rotatable bonds is 5. The summed E-state index contributed by atoms with van der Waals surface area (Å²) in [7, 11) is 0. The zero-order valence-corrected chi connectivity index (χ0v) is 15.0. The first-order valence-electron chi connectivity index (χ1n) is 6.24. The fourth-order valence-electron chi connectivity index (χ4n) is 1.81. The Morgan fingerprint density at radius 3 is 2.45 bits per heavy atom. The average molecular weight is 417 g/mol. The van der Waals surface area contributed by atoms with Crippen molar-refractivity contribution in [3.05, 3.63) is 50.9 Å². The van der Waals surface area contributed by atoms with Gasteiger partial charge in [0.1, 0.15) is 5.75 Å². The van der Waals surface area contributed by atoms with E-state index in [9.17, 15) is 5.11 Å². The van der Waals surface area contributed by atoms with Gasteiger partial charge in [0.2, 0.25) is 0 Å². The summed E-state index contributed by atoms with van der Waals surface area (Å²) >= 11 is 8.53. The second-order valence-corrected chi connectivity index (χ2v) is 7.21. The first kappa shape index (κ1) is 15.7. The Bertz CT molecular complexity index is 581. The van der Waals surface area contributed by atoms with Gasteiger partial charge in [-0.05, 0) is 67.4 Å². The van der Waals surface area contributed by atoms with Crippen LogP contribution < -0.4 is 5.32 Å². The van der Waals surface area contributed by atoms with Crippen LogP contribution in [0.4, 0.5) is 5.69 Å². The summed E-state index contributed by atoms with van der Waals surface area (Å²) in [6.07, 6.45) is 0. The molecule has 0 aromatic heterocycles. The summed E-state index contributed by atoms with van der Waals surface area (Å²) in [5, 5.41) is 13.2. The predicted octanol–water partition coefficient (Wildman–Crippen LogP) is 5.64. The van der Waals surface area contributed by atoms with E-state index in [-0.39, 0.29) is 5.75 Å². The van der Waals surface area contributed by atoms with Gasteiger partial charge in [-0.15, -0.1) is 11.8 Å². The molecule has 20 heavy (non-hydrogen) atoms. The molecule has 106 valence electrons. The van der Waals surface area contributed by atoms with E-state index in [0.29, 0.717) is 15.5 Å². The monoisotopic (exact) mass is 415 g/mol. The van der Waals surface area contributed by atoms with Crippen LogP contribution in [0.25, 0.3) is 0 Å². The van der Waals surface area contributed by atoms with Gasteiger partial charge in [0.15, 0.2) is 0 Å². The van der Waals surface area contributed by atoms with Crippen LogP contribution in [-0.2, 0) is 6.54 Å². The second-order valence-electron chi connectivity index (χ2n) is 4.19. The number of nitrogens with one attached hydrogen (secondary N) is 1. The number of hydrogen-bond donors (Lipinski definition) is 2. The van der Waals surface area contributed by atoms with Gasteiger partial charge in [-0.1, -0.05) is 19.1 Å². The van der Waals surface area contributed by atoms with E-state index in [0.717, 1.165) is 17.0 Å². The smallest absolute Gasteiger partial charge is 0.143 e. The lowest BCUT2D eigenvalue weighted by Gasteiger charge is -2.12. The Morgan fingerprint density at radius 2 is 1.80 bits per heavy atom. The maximum absolute atomic E-state index is 9.71. The molecule has 0 aliphatic rings. The molecule has 0 bridgehead atoms. The molecule has 0 heterocycles. The molecule has 0 fully saturated rings. The summed E-state index contributed by atoms with van der Waals surface area (Å²) in [5.74, 6) is 1.28. The van der Waals surface area contributed by atoms with Gasteiger partial charge in [-0.3, -0.25) is 0 Å². The molecular weight excluding hydrogens is 402 g/mol. The van der Waals surface area contributed by atoms with Gasteiger partial charge in [0, 0.05) is 17.1 Å². The van der Waals surface area contributed by atoms with Crippen molar-refractivity contribution in [2.45, 2.75) is 18.4 Å². The first-order valence-corrected chi connectivity index (χ1v) is 8.81. The van der Waals surface area contributed by atoms with Crippen LogP contribution in [0, 0.1) is 0 Å². The minimum Gasteiger partial charge on any atom is -0.506 e. The lowest BCUT2D eigenvalue weighted by atomic mass is 10.2. The highest BCUT2D eigenvalue weighted by atomic mass is 79.9. The summed E-state index contributed by atoms with van der Waals surface area (Å²) in [5.41, 5.74) is 2.23. The molecular formula is C15H15Br2NOS. The quantitative estimate of drug-likeness (QED) is 0.618. The molecule has 0 aliphatic carbocycles. The summed E-state index contributed by atoms with van der Waals surface area (Å²) in [6, 6.07) is 12.1. The molecule has 0 spiro atoms. The SMILES string of the molecule is CCSc1ccccc1NCc1cc(Br)c(O)c(Br)c1. The van der Waals surface area contributed by atoms with E-state index in [1.54, 1.807) is 0 Å².